The van der Waals surface area contributed by atoms with Gasteiger partial charge in [0.1, 0.15) is 28.7 Å². The van der Waals surface area contributed by atoms with Gasteiger partial charge in [0.2, 0.25) is 0 Å². The summed E-state index contributed by atoms with van der Waals surface area (Å²) in [5, 5.41) is 3.46. The molecule has 3 rings (SSSR count). The predicted molar refractivity (Wildman–Crippen MR) is 89.6 cm³/mol. The Bertz CT molecular complexity index is 903. The van der Waals surface area contributed by atoms with Crippen molar-refractivity contribution in [3.8, 4) is 5.75 Å². The number of nitrogens with two attached hydrogens (primary N) is 2. The van der Waals surface area contributed by atoms with Crippen molar-refractivity contribution < 1.29 is 9.13 Å². The fourth-order valence-corrected chi connectivity index (χ4v) is 2.41. The molecule has 2 aromatic carbocycles. The molecule has 0 aliphatic rings. The quantitative estimate of drug-likeness (QED) is 0.636. The van der Waals surface area contributed by atoms with Crippen LogP contribution in [-0.2, 0) is 0 Å². The summed E-state index contributed by atoms with van der Waals surface area (Å²) in [4.78, 5) is 8.33. The molecule has 1 heterocycles. The van der Waals surface area contributed by atoms with E-state index >= 15 is 0 Å². The Morgan fingerprint density at radius 2 is 1.96 bits per heavy atom. The first-order valence-corrected chi connectivity index (χ1v) is 6.97. The van der Waals surface area contributed by atoms with Gasteiger partial charge >= 0.3 is 0 Å². The average molecular weight is 334 g/mol. The summed E-state index contributed by atoms with van der Waals surface area (Å²) in [6, 6.07) is 5.97. The lowest BCUT2D eigenvalue weighted by atomic mass is 10.2. The van der Waals surface area contributed by atoms with E-state index < -0.39 is 5.82 Å². The van der Waals surface area contributed by atoms with Crippen molar-refractivity contribution in [1.29, 1.82) is 0 Å². The monoisotopic (exact) mass is 333 g/mol. The van der Waals surface area contributed by atoms with E-state index in [-0.39, 0.29) is 10.7 Å². The molecular weight excluding hydrogens is 321 g/mol. The van der Waals surface area contributed by atoms with E-state index in [0.29, 0.717) is 33.8 Å². The van der Waals surface area contributed by atoms with Gasteiger partial charge < -0.3 is 21.5 Å². The lowest BCUT2D eigenvalue weighted by Crippen LogP contribution is -2.02. The number of nitrogens with one attached hydrogen (secondary N) is 1. The zero-order valence-corrected chi connectivity index (χ0v) is 12.9. The molecule has 0 aliphatic carbocycles. The fraction of sp³-hybridized carbons (Fsp3) is 0.0667. The summed E-state index contributed by atoms with van der Waals surface area (Å²) in [5.41, 5.74) is 13.4. The molecule has 6 nitrogen and oxygen atoms in total. The van der Waals surface area contributed by atoms with Crippen molar-refractivity contribution in [3.63, 3.8) is 0 Å². The Labute approximate surface area is 136 Å². The number of ether oxygens (including phenoxy) is 1. The van der Waals surface area contributed by atoms with E-state index in [2.05, 4.69) is 15.3 Å². The number of nitrogen functional groups attached to an aromatic ring is 2. The first-order valence-electron chi connectivity index (χ1n) is 6.60. The number of fused-ring (bicyclic) bond motifs is 1. The molecule has 0 fully saturated rings. The highest BCUT2D eigenvalue weighted by molar-refractivity contribution is 6.34. The van der Waals surface area contributed by atoms with Gasteiger partial charge in [-0.05, 0) is 18.2 Å². The average Bonchev–Trinajstić information content (AvgIpc) is 2.55. The maximum absolute atomic E-state index is 13.6. The van der Waals surface area contributed by atoms with E-state index in [0.717, 1.165) is 0 Å². The molecule has 8 heteroatoms. The summed E-state index contributed by atoms with van der Waals surface area (Å²) in [7, 11) is 1.52. The van der Waals surface area contributed by atoms with Crippen LogP contribution >= 0.6 is 11.6 Å². The largest absolute Gasteiger partial charge is 0.495 e. The lowest BCUT2D eigenvalue weighted by molar-refractivity contribution is 0.417. The van der Waals surface area contributed by atoms with Crippen LogP contribution < -0.4 is 21.5 Å². The van der Waals surface area contributed by atoms with Crippen LogP contribution in [0, 0.1) is 5.82 Å². The zero-order valence-electron chi connectivity index (χ0n) is 12.1. The lowest BCUT2D eigenvalue weighted by Gasteiger charge is -2.13. The third kappa shape index (κ3) is 2.66. The van der Waals surface area contributed by atoms with Crippen LogP contribution in [0.2, 0.25) is 5.02 Å². The van der Waals surface area contributed by atoms with Gasteiger partial charge in [-0.15, -0.1) is 0 Å². The van der Waals surface area contributed by atoms with E-state index in [4.69, 9.17) is 27.8 Å². The highest BCUT2D eigenvalue weighted by Gasteiger charge is 2.14. The van der Waals surface area contributed by atoms with Gasteiger partial charge in [-0.1, -0.05) is 11.6 Å². The SMILES string of the molecule is COc1cc2ncnc(Nc3c(N)ccc(F)c3Cl)c2cc1N. The van der Waals surface area contributed by atoms with Crippen molar-refractivity contribution in [2.45, 2.75) is 0 Å². The molecule has 0 unspecified atom stereocenters. The van der Waals surface area contributed by atoms with Gasteiger partial charge in [0.05, 0.1) is 29.7 Å². The Balaban J connectivity index is 2.15. The van der Waals surface area contributed by atoms with Crippen molar-refractivity contribution in [3.05, 3.63) is 41.4 Å². The second kappa shape index (κ2) is 5.77. The molecule has 1 aromatic heterocycles. The van der Waals surface area contributed by atoms with Crippen LogP contribution in [0.1, 0.15) is 0 Å². The van der Waals surface area contributed by atoms with Gasteiger partial charge in [0, 0.05) is 11.5 Å². The maximum atomic E-state index is 13.6. The maximum Gasteiger partial charge on any atom is 0.144 e. The number of benzene rings is 2. The Kier molecular flexibility index (Phi) is 3.79. The summed E-state index contributed by atoms with van der Waals surface area (Å²) < 4.78 is 18.8. The van der Waals surface area contributed by atoms with E-state index in [9.17, 15) is 4.39 Å². The van der Waals surface area contributed by atoms with Crippen LogP contribution in [-0.4, -0.2) is 17.1 Å². The number of hydrogen-bond donors (Lipinski definition) is 3. The second-order valence-corrected chi connectivity index (χ2v) is 5.16. The number of anilines is 4. The number of aromatic nitrogens is 2. The van der Waals surface area contributed by atoms with Crippen molar-refractivity contribution >= 4 is 45.4 Å². The van der Waals surface area contributed by atoms with E-state index in [1.54, 1.807) is 12.1 Å². The molecule has 0 atom stereocenters. The fourth-order valence-electron chi connectivity index (χ4n) is 2.19. The minimum absolute atomic E-state index is 0.113. The van der Waals surface area contributed by atoms with Crippen LogP contribution in [0.3, 0.4) is 0 Å². The first kappa shape index (κ1) is 15.1. The standard InChI is InChI=1S/C15H13ClFN5O/c1-23-12-5-11-7(4-10(12)19)15(21-6-20-11)22-14-9(18)3-2-8(17)13(14)16/h2-6H,18-19H2,1H3,(H,20,21,22). The van der Waals surface area contributed by atoms with Crippen LogP contribution in [0.15, 0.2) is 30.6 Å². The Morgan fingerprint density at radius 3 is 2.70 bits per heavy atom. The van der Waals surface area contributed by atoms with Gasteiger partial charge in [0.15, 0.2) is 0 Å². The third-order valence-corrected chi connectivity index (χ3v) is 3.73. The summed E-state index contributed by atoms with van der Waals surface area (Å²) >= 11 is 5.97. The van der Waals surface area contributed by atoms with Gasteiger partial charge in [-0.3, -0.25) is 0 Å². The van der Waals surface area contributed by atoms with Crippen molar-refractivity contribution in [2.75, 3.05) is 23.9 Å². The molecule has 0 saturated heterocycles. The van der Waals surface area contributed by atoms with Crippen molar-refractivity contribution in [2.24, 2.45) is 0 Å². The minimum Gasteiger partial charge on any atom is -0.495 e. The third-order valence-electron chi connectivity index (χ3n) is 3.36. The second-order valence-electron chi connectivity index (χ2n) is 4.78. The summed E-state index contributed by atoms with van der Waals surface area (Å²) in [6.07, 6.45) is 1.36. The number of nitrogens with zero attached hydrogens (tertiary/aromatic N) is 2. The smallest absolute Gasteiger partial charge is 0.144 e. The molecule has 0 radical (unpaired) electrons. The van der Waals surface area contributed by atoms with E-state index in [1.807, 2.05) is 0 Å². The molecule has 0 bridgehead atoms. The topological polar surface area (TPSA) is 99.1 Å². The number of hydrogen-bond acceptors (Lipinski definition) is 6. The number of methoxy groups -OCH3 is 1. The Hall–Kier alpha value is -2.80. The highest BCUT2D eigenvalue weighted by Crippen LogP contribution is 2.36. The summed E-state index contributed by atoms with van der Waals surface area (Å²) in [5.74, 6) is 0.330. The number of halogens is 2. The van der Waals surface area contributed by atoms with Gasteiger partial charge in [-0.2, -0.15) is 0 Å². The molecule has 23 heavy (non-hydrogen) atoms. The minimum atomic E-state index is -0.581. The molecular formula is C15H13ClFN5O. The van der Waals surface area contributed by atoms with Crippen molar-refractivity contribution in [1.82, 2.24) is 9.97 Å². The highest BCUT2D eigenvalue weighted by atomic mass is 35.5. The van der Waals surface area contributed by atoms with E-state index in [1.165, 1.54) is 25.6 Å². The zero-order chi connectivity index (χ0) is 16.6. The predicted octanol–water partition coefficient (Wildman–Crippen LogP) is 3.34. The first-order chi connectivity index (χ1) is 11.0. The molecule has 3 aromatic rings. The molecule has 118 valence electrons. The summed E-state index contributed by atoms with van der Waals surface area (Å²) in [6.45, 7) is 0. The molecule has 0 saturated carbocycles. The van der Waals surface area contributed by atoms with Crippen LogP contribution in [0.5, 0.6) is 5.75 Å². The normalized spacial score (nSPS) is 10.7. The van der Waals surface area contributed by atoms with Gasteiger partial charge in [-0.25, -0.2) is 14.4 Å². The number of rotatable bonds is 3. The van der Waals surface area contributed by atoms with Crippen LogP contribution in [0.25, 0.3) is 10.9 Å². The van der Waals surface area contributed by atoms with Gasteiger partial charge in [0.25, 0.3) is 0 Å². The van der Waals surface area contributed by atoms with Crippen LogP contribution in [0.4, 0.5) is 27.3 Å². The Morgan fingerprint density at radius 1 is 1.17 bits per heavy atom. The molecule has 0 amide bonds. The molecule has 0 aliphatic heterocycles. The molecule has 0 spiro atoms. The molecule has 5 N–H and O–H groups in total.